The molecule has 0 spiro atoms. The monoisotopic (exact) mass is 364 g/mol. The smallest absolute Gasteiger partial charge is 0.255 e. The molecule has 134 valence electrons. The Hall–Kier alpha value is -2.12. The van der Waals surface area contributed by atoms with Crippen molar-refractivity contribution in [1.29, 1.82) is 0 Å². The molecule has 0 radical (unpaired) electrons. The van der Waals surface area contributed by atoms with Gasteiger partial charge in [0.25, 0.3) is 5.91 Å². The maximum absolute atomic E-state index is 12.6. The Labute approximate surface area is 151 Å². The third-order valence-corrected chi connectivity index (χ3v) is 4.95. The van der Waals surface area contributed by atoms with Gasteiger partial charge in [-0.15, -0.1) is 12.4 Å². The van der Waals surface area contributed by atoms with Crippen LogP contribution in [0.15, 0.2) is 18.2 Å². The normalized spacial score (nSPS) is 25.4. The van der Waals surface area contributed by atoms with Crippen molar-refractivity contribution in [2.24, 2.45) is 0 Å². The molecule has 1 aromatic rings. The summed E-state index contributed by atoms with van der Waals surface area (Å²) in [5.41, 5.74) is 2.58. The van der Waals surface area contributed by atoms with E-state index in [0.717, 1.165) is 30.8 Å². The van der Waals surface area contributed by atoms with E-state index < -0.39 is 6.04 Å². The van der Waals surface area contributed by atoms with Gasteiger partial charge >= 0.3 is 0 Å². The largest absolute Gasteiger partial charge is 0.381 e. The van der Waals surface area contributed by atoms with Gasteiger partial charge in [-0.25, -0.2) is 0 Å². The predicted molar refractivity (Wildman–Crippen MR) is 94.6 cm³/mol. The molecule has 3 aliphatic heterocycles. The summed E-state index contributed by atoms with van der Waals surface area (Å²) < 4.78 is 0. The van der Waals surface area contributed by atoms with Gasteiger partial charge in [-0.3, -0.25) is 19.7 Å². The molecule has 0 saturated carbocycles. The molecule has 3 heterocycles. The Morgan fingerprint density at radius 2 is 2.00 bits per heavy atom. The first-order valence-corrected chi connectivity index (χ1v) is 8.36. The van der Waals surface area contributed by atoms with E-state index in [1.807, 2.05) is 18.2 Å². The zero-order valence-corrected chi connectivity index (χ0v) is 14.5. The lowest BCUT2D eigenvalue weighted by molar-refractivity contribution is -0.136. The fraction of sp³-hybridized carbons (Fsp3) is 0.471. The molecule has 3 amide bonds. The van der Waals surface area contributed by atoms with Crippen LogP contribution in [0, 0.1) is 0 Å². The van der Waals surface area contributed by atoms with Crippen molar-refractivity contribution in [3.05, 3.63) is 29.3 Å². The number of halogens is 1. The summed E-state index contributed by atoms with van der Waals surface area (Å²) in [5.74, 6) is -0.770. The number of carbonyl (C=O) groups is 3. The van der Waals surface area contributed by atoms with Crippen molar-refractivity contribution >= 4 is 35.8 Å². The lowest BCUT2D eigenvalue weighted by Crippen LogP contribution is -2.52. The molecular weight excluding hydrogens is 344 g/mol. The molecule has 2 saturated heterocycles. The molecular formula is C17H21ClN4O3. The number of benzene rings is 1. The number of hydrogen-bond acceptors (Lipinski definition) is 5. The first-order valence-electron chi connectivity index (χ1n) is 8.36. The molecule has 25 heavy (non-hydrogen) atoms. The molecule has 1 aromatic carbocycles. The van der Waals surface area contributed by atoms with Gasteiger partial charge in [0.1, 0.15) is 6.04 Å². The average Bonchev–Trinajstić information content (AvgIpc) is 3.16. The first kappa shape index (κ1) is 17.7. The van der Waals surface area contributed by atoms with Crippen LogP contribution in [0.4, 0.5) is 5.69 Å². The van der Waals surface area contributed by atoms with Crippen LogP contribution in [0.1, 0.15) is 35.2 Å². The predicted octanol–water partition coefficient (Wildman–Crippen LogP) is 0.643. The van der Waals surface area contributed by atoms with Crippen LogP contribution >= 0.6 is 12.4 Å². The fourth-order valence-corrected chi connectivity index (χ4v) is 3.68. The van der Waals surface area contributed by atoms with Gasteiger partial charge in [0.05, 0.1) is 0 Å². The lowest BCUT2D eigenvalue weighted by Gasteiger charge is -2.29. The second-order valence-corrected chi connectivity index (χ2v) is 6.61. The highest BCUT2D eigenvalue weighted by atomic mass is 35.5. The van der Waals surface area contributed by atoms with Crippen molar-refractivity contribution < 1.29 is 14.4 Å². The molecule has 7 nitrogen and oxygen atoms in total. The first-order chi connectivity index (χ1) is 11.6. The maximum Gasteiger partial charge on any atom is 0.255 e. The number of imide groups is 1. The Bertz CT molecular complexity index is 718. The van der Waals surface area contributed by atoms with Crippen LogP contribution in [0.5, 0.6) is 0 Å². The fourth-order valence-electron chi connectivity index (χ4n) is 3.68. The molecule has 4 rings (SSSR count). The maximum atomic E-state index is 12.6. The molecule has 0 bridgehead atoms. The zero-order chi connectivity index (χ0) is 16.7. The summed E-state index contributed by atoms with van der Waals surface area (Å²) >= 11 is 0. The summed E-state index contributed by atoms with van der Waals surface area (Å²) in [5, 5.41) is 9.11. The van der Waals surface area contributed by atoms with Crippen molar-refractivity contribution in [3.8, 4) is 0 Å². The molecule has 3 aliphatic rings. The van der Waals surface area contributed by atoms with Gasteiger partial charge < -0.3 is 15.5 Å². The molecule has 2 atom stereocenters. The number of nitrogens with zero attached hydrogens (tertiary/aromatic N) is 1. The van der Waals surface area contributed by atoms with Gasteiger partial charge in [-0.2, -0.15) is 0 Å². The van der Waals surface area contributed by atoms with Crippen LogP contribution in [0.2, 0.25) is 0 Å². The van der Waals surface area contributed by atoms with E-state index >= 15 is 0 Å². The minimum Gasteiger partial charge on any atom is -0.381 e. The van der Waals surface area contributed by atoms with Gasteiger partial charge in [0, 0.05) is 36.8 Å². The number of hydrogen-bond donors (Lipinski definition) is 3. The van der Waals surface area contributed by atoms with E-state index in [-0.39, 0.29) is 36.5 Å². The molecule has 2 fully saturated rings. The van der Waals surface area contributed by atoms with E-state index in [1.165, 1.54) is 0 Å². The number of nitrogens with one attached hydrogen (secondary N) is 3. The minimum absolute atomic E-state index is 0. The van der Waals surface area contributed by atoms with E-state index in [4.69, 9.17) is 0 Å². The SMILES string of the molecule is Cl.O=C1CCC(N2Cc3cc(NC4CCNC4)ccc3C2=O)C(=O)N1. The van der Waals surface area contributed by atoms with Crippen LogP contribution in [-0.4, -0.2) is 47.8 Å². The quantitative estimate of drug-likeness (QED) is 0.685. The summed E-state index contributed by atoms with van der Waals surface area (Å²) in [6.07, 6.45) is 1.75. The Morgan fingerprint density at radius 3 is 2.72 bits per heavy atom. The topological polar surface area (TPSA) is 90.5 Å². The molecule has 0 aliphatic carbocycles. The van der Waals surface area contributed by atoms with Crippen molar-refractivity contribution in [2.45, 2.75) is 37.9 Å². The van der Waals surface area contributed by atoms with Crippen LogP contribution < -0.4 is 16.0 Å². The van der Waals surface area contributed by atoms with Crippen LogP contribution in [0.3, 0.4) is 0 Å². The number of rotatable bonds is 3. The van der Waals surface area contributed by atoms with Gasteiger partial charge in [0.2, 0.25) is 11.8 Å². The second kappa shape index (κ2) is 7.01. The highest BCUT2D eigenvalue weighted by Crippen LogP contribution is 2.29. The third-order valence-electron chi connectivity index (χ3n) is 4.95. The Morgan fingerprint density at radius 1 is 1.16 bits per heavy atom. The Kier molecular flexibility index (Phi) is 4.96. The molecule has 0 aromatic heterocycles. The number of anilines is 1. The number of amides is 3. The van der Waals surface area contributed by atoms with Crippen molar-refractivity contribution in [2.75, 3.05) is 18.4 Å². The van der Waals surface area contributed by atoms with Crippen molar-refractivity contribution in [3.63, 3.8) is 0 Å². The highest BCUT2D eigenvalue weighted by molar-refractivity contribution is 6.05. The second-order valence-electron chi connectivity index (χ2n) is 6.61. The van der Waals surface area contributed by atoms with Gasteiger partial charge in [-0.05, 0) is 43.1 Å². The van der Waals surface area contributed by atoms with E-state index in [1.54, 1.807) is 4.90 Å². The molecule has 2 unspecified atom stereocenters. The zero-order valence-electron chi connectivity index (χ0n) is 13.7. The van der Waals surface area contributed by atoms with Gasteiger partial charge in [0.15, 0.2) is 0 Å². The summed E-state index contributed by atoms with van der Waals surface area (Å²) in [4.78, 5) is 37.5. The van der Waals surface area contributed by atoms with E-state index in [9.17, 15) is 14.4 Å². The lowest BCUT2D eigenvalue weighted by atomic mass is 10.0. The van der Waals surface area contributed by atoms with Crippen LogP contribution in [0.25, 0.3) is 0 Å². The van der Waals surface area contributed by atoms with E-state index in [0.29, 0.717) is 24.6 Å². The highest BCUT2D eigenvalue weighted by Gasteiger charge is 2.39. The van der Waals surface area contributed by atoms with E-state index in [2.05, 4.69) is 16.0 Å². The summed E-state index contributed by atoms with van der Waals surface area (Å²) in [7, 11) is 0. The average molecular weight is 365 g/mol. The van der Waals surface area contributed by atoms with Gasteiger partial charge in [-0.1, -0.05) is 0 Å². The molecule has 8 heteroatoms. The number of piperidine rings is 1. The summed E-state index contributed by atoms with van der Waals surface area (Å²) in [6.45, 7) is 2.38. The minimum atomic E-state index is -0.557. The standard InChI is InChI=1S/C17H20N4O3.ClH/c22-15-4-3-14(16(23)20-15)21-9-10-7-11(1-2-13(10)17(21)24)19-12-5-6-18-8-12;/h1-2,7,12,14,18-19H,3-6,8-9H2,(H,20,22,23);1H. The number of carbonyl (C=O) groups excluding carboxylic acids is 3. The summed E-state index contributed by atoms with van der Waals surface area (Å²) in [6, 6.07) is 5.60. The third kappa shape index (κ3) is 3.34. The van der Waals surface area contributed by atoms with Crippen LogP contribution in [-0.2, 0) is 16.1 Å². The van der Waals surface area contributed by atoms with Crippen molar-refractivity contribution in [1.82, 2.24) is 15.5 Å². The molecule has 3 N–H and O–H groups in total. The Balaban J connectivity index is 0.00000182. The number of fused-ring (bicyclic) bond motifs is 1.